The Labute approximate surface area is 118 Å². The van der Waals surface area contributed by atoms with Gasteiger partial charge in [0.2, 0.25) is 0 Å². The number of aromatic nitrogens is 2. The molecule has 0 atom stereocenters. The lowest BCUT2D eigenvalue weighted by Crippen LogP contribution is -1.96. The molecule has 7 heteroatoms. The van der Waals surface area contributed by atoms with Crippen LogP contribution in [0.5, 0.6) is 0 Å². The first-order valence-corrected chi connectivity index (χ1v) is 6.05. The molecule has 0 unspecified atom stereocenters. The van der Waals surface area contributed by atoms with Crippen molar-refractivity contribution in [1.82, 2.24) is 9.97 Å². The first-order valence-electron chi connectivity index (χ1n) is 6.05. The molecule has 104 valence electrons. The number of hydrogen-bond donors (Lipinski definition) is 1. The van der Waals surface area contributed by atoms with Crippen molar-refractivity contribution < 1.29 is 9.31 Å². The fraction of sp³-hybridized carbons (Fsp3) is 0. The highest BCUT2D eigenvalue weighted by Crippen LogP contribution is 2.24. The van der Waals surface area contributed by atoms with Crippen LogP contribution < -0.4 is 5.32 Å². The molecular formula is C14H9FN4O2. The molecule has 0 aliphatic rings. The van der Waals surface area contributed by atoms with Crippen LogP contribution in [-0.2, 0) is 0 Å². The molecule has 2 aromatic carbocycles. The summed E-state index contributed by atoms with van der Waals surface area (Å²) in [6, 6.07) is 10.1. The minimum absolute atomic E-state index is 0.000796. The number of rotatable bonds is 3. The zero-order chi connectivity index (χ0) is 14.8. The molecule has 1 heterocycles. The van der Waals surface area contributed by atoms with E-state index in [2.05, 4.69) is 15.3 Å². The third kappa shape index (κ3) is 2.62. The Bertz CT molecular complexity index is 821. The van der Waals surface area contributed by atoms with Gasteiger partial charge in [0.05, 0.1) is 10.4 Å². The number of nitrogens with one attached hydrogen (secondary N) is 1. The van der Waals surface area contributed by atoms with Crippen LogP contribution in [0, 0.1) is 15.9 Å². The Kier molecular flexibility index (Phi) is 3.15. The summed E-state index contributed by atoms with van der Waals surface area (Å²) in [7, 11) is 0. The number of fused-ring (bicyclic) bond motifs is 1. The van der Waals surface area contributed by atoms with Crippen LogP contribution in [0.2, 0.25) is 0 Å². The van der Waals surface area contributed by atoms with Crippen LogP contribution in [0.25, 0.3) is 10.9 Å². The Morgan fingerprint density at radius 3 is 2.57 bits per heavy atom. The van der Waals surface area contributed by atoms with Gasteiger partial charge in [0, 0.05) is 23.2 Å². The number of non-ortho nitro benzene ring substituents is 1. The van der Waals surface area contributed by atoms with E-state index in [1.54, 1.807) is 18.2 Å². The number of nitro benzene ring substituents is 1. The lowest BCUT2D eigenvalue weighted by molar-refractivity contribution is -0.384. The Balaban J connectivity index is 1.97. The third-order valence-corrected chi connectivity index (χ3v) is 2.94. The van der Waals surface area contributed by atoms with E-state index in [0.29, 0.717) is 22.4 Å². The maximum atomic E-state index is 13.3. The van der Waals surface area contributed by atoms with Crippen molar-refractivity contribution in [1.29, 1.82) is 0 Å². The van der Waals surface area contributed by atoms with Crippen LogP contribution in [0.3, 0.4) is 0 Å². The van der Waals surface area contributed by atoms with Gasteiger partial charge in [-0.3, -0.25) is 10.1 Å². The molecule has 0 aliphatic carbocycles. The molecular weight excluding hydrogens is 275 g/mol. The van der Waals surface area contributed by atoms with Crippen LogP contribution in [-0.4, -0.2) is 14.9 Å². The van der Waals surface area contributed by atoms with Gasteiger partial charge in [-0.2, -0.15) is 0 Å². The lowest BCUT2D eigenvalue weighted by atomic mass is 10.2. The fourth-order valence-electron chi connectivity index (χ4n) is 1.93. The van der Waals surface area contributed by atoms with Crippen molar-refractivity contribution in [2.24, 2.45) is 0 Å². The van der Waals surface area contributed by atoms with Crippen molar-refractivity contribution in [3.63, 3.8) is 0 Å². The van der Waals surface area contributed by atoms with E-state index in [9.17, 15) is 14.5 Å². The standard InChI is InChI=1S/C14H9FN4O2/c15-9-1-6-13-12(7-9)14(17-8-16-13)18-10-2-4-11(5-3-10)19(20)21/h1-8H,(H,16,17,18). The van der Waals surface area contributed by atoms with Gasteiger partial charge in [-0.25, -0.2) is 14.4 Å². The maximum Gasteiger partial charge on any atom is 0.269 e. The second-order valence-electron chi connectivity index (χ2n) is 4.31. The number of benzene rings is 2. The summed E-state index contributed by atoms with van der Waals surface area (Å²) < 4.78 is 13.3. The topological polar surface area (TPSA) is 81.0 Å². The number of nitrogens with zero attached hydrogens (tertiary/aromatic N) is 3. The van der Waals surface area contributed by atoms with Crippen molar-refractivity contribution >= 4 is 28.1 Å². The zero-order valence-corrected chi connectivity index (χ0v) is 10.7. The summed E-state index contributed by atoms with van der Waals surface area (Å²) >= 11 is 0. The van der Waals surface area contributed by atoms with Crippen LogP contribution in [0.4, 0.5) is 21.6 Å². The van der Waals surface area contributed by atoms with Gasteiger partial charge in [0.15, 0.2) is 0 Å². The predicted molar refractivity (Wildman–Crippen MR) is 75.9 cm³/mol. The van der Waals surface area contributed by atoms with Gasteiger partial charge in [0.25, 0.3) is 5.69 Å². The largest absolute Gasteiger partial charge is 0.340 e. The van der Waals surface area contributed by atoms with Gasteiger partial charge in [-0.1, -0.05) is 0 Å². The third-order valence-electron chi connectivity index (χ3n) is 2.94. The molecule has 1 N–H and O–H groups in total. The number of hydrogen-bond acceptors (Lipinski definition) is 5. The summed E-state index contributed by atoms with van der Waals surface area (Å²) in [5.74, 6) is 0.0532. The van der Waals surface area contributed by atoms with E-state index >= 15 is 0 Å². The average Bonchev–Trinajstić information content (AvgIpc) is 2.48. The highest BCUT2D eigenvalue weighted by Gasteiger charge is 2.07. The van der Waals surface area contributed by atoms with Crippen molar-refractivity contribution in [2.75, 3.05) is 5.32 Å². The van der Waals surface area contributed by atoms with Crippen molar-refractivity contribution in [3.05, 3.63) is 64.7 Å². The molecule has 0 amide bonds. The molecule has 3 aromatic rings. The fourth-order valence-corrected chi connectivity index (χ4v) is 1.93. The summed E-state index contributed by atoms with van der Waals surface area (Å²) in [4.78, 5) is 18.3. The van der Waals surface area contributed by atoms with E-state index in [1.165, 1.54) is 30.6 Å². The second-order valence-corrected chi connectivity index (χ2v) is 4.31. The number of nitro groups is 1. The van der Waals surface area contributed by atoms with Crippen molar-refractivity contribution in [3.8, 4) is 0 Å². The minimum atomic E-state index is -0.473. The quantitative estimate of drug-likeness (QED) is 0.588. The monoisotopic (exact) mass is 284 g/mol. The highest BCUT2D eigenvalue weighted by atomic mass is 19.1. The van der Waals surface area contributed by atoms with Crippen LogP contribution in [0.15, 0.2) is 48.8 Å². The van der Waals surface area contributed by atoms with Gasteiger partial charge < -0.3 is 5.32 Å². The van der Waals surface area contributed by atoms with E-state index in [0.717, 1.165) is 0 Å². The predicted octanol–water partition coefficient (Wildman–Crippen LogP) is 3.42. The average molecular weight is 284 g/mol. The zero-order valence-electron chi connectivity index (χ0n) is 10.7. The minimum Gasteiger partial charge on any atom is -0.340 e. The van der Waals surface area contributed by atoms with E-state index < -0.39 is 4.92 Å². The molecule has 3 rings (SSSR count). The van der Waals surface area contributed by atoms with E-state index in [-0.39, 0.29) is 11.5 Å². The van der Waals surface area contributed by atoms with E-state index in [1.807, 2.05) is 0 Å². The number of anilines is 2. The normalized spacial score (nSPS) is 10.5. The Morgan fingerprint density at radius 2 is 1.86 bits per heavy atom. The summed E-state index contributed by atoms with van der Waals surface area (Å²) in [5, 5.41) is 14.1. The molecule has 0 saturated heterocycles. The molecule has 0 saturated carbocycles. The summed E-state index contributed by atoms with van der Waals surface area (Å²) in [6.45, 7) is 0. The van der Waals surface area contributed by atoms with Crippen LogP contribution >= 0.6 is 0 Å². The Hall–Kier alpha value is -3.09. The Morgan fingerprint density at radius 1 is 1.10 bits per heavy atom. The maximum absolute atomic E-state index is 13.3. The van der Waals surface area contributed by atoms with Gasteiger partial charge in [0.1, 0.15) is 18.0 Å². The van der Waals surface area contributed by atoms with Crippen LogP contribution in [0.1, 0.15) is 0 Å². The lowest BCUT2D eigenvalue weighted by Gasteiger charge is -2.08. The molecule has 0 spiro atoms. The summed E-state index contributed by atoms with van der Waals surface area (Å²) in [5.41, 5.74) is 1.22. The molecule has 1 aromatic heterocycles. The van der Waals surface area contributed by atoms with Crippen molar-refractivity contribution in [2.45, 2.75) is 0 Å². The van der Waals surface area contributed by atoms with Gasteiger partial charge in [-0.15, -0.1) is 0 Å². The number of halogens is 1. The molecule has 0 fully saturated rings. The molecule has 6 nitrogen and oxygen atoms in total. The van der Waals surface area contributed by atoms with Gasteiger partial charge >= 0.3 is 0 Å². The summed E-state index contributed by atoms with van der Waals surface area (Å²) in [6.07, 6.45) is 1.37. The first kappa shape index (κ1) is 12.9. The second kappa shape index (κ2) is 5.12. The van der Waals surface area contributed by atoms with Gasteiger partial charge in [-0.05, 0) is 30.3 Å². The van der Waals surface area contributed by atoms with E-state index in [4.69, 9.17) is 0 Å². The molecule has 0 bridgehead atoms. The first-order chi connectivity index (χ1) is 10.1. The molecule has 0 aliphatic heterocycles. The smallest absolute Gasteiger partial charge is 0.269 e. The SMILES string of the molecule is O=[N+]([O-])c1ccc(Nc2ncnc3ccc(F)cc23)cc1. The molecule has 0 radical (unpaired) electrons. The highest BCUT2D eigenvalue weighted by molar-refractivity contribution is 5.90. The molecule has 21 heavy (non-hydrogen) atoms.